The summed E-state index contributed by atoms with van der Waals surface area (Å²) in [6, 6.07) is 7.67. The summed E-state index contributed by atoms with van der Waals surface area (Å²) < 4.78 is 1.91. The lowest BCUT2D eigenvalue weighted by Gasteiger charge is -2.05. The summed E-state index contributed by atoms with van der Waals surface area (Å²) in [7, 11) is 1.75. The topological polar surface area (TPSA) is 55.6 Å². The van der Waals surface area contributed by atoms with E-state index in [0.717, 1.165) is 5.56 Å². The standard InChI is InChI=1S/C13H11Cl2N5/c1-16-13-18-11(15)10-12(19-13)20(7-17-10)6-8-3-2-4-9(14)5-8/h2-5,7H,6H2,1H3,(H,16,18,19). The van der Waals surface area contributed by atoms with Crippen molar-refractivity contribution in [2.45, 2.75) is 6.54 Å². The number of fused-ring (bicyclic) bond motifs is 1. The van der Waals surface area contributed by atoms with Crippen LogP contribution in [-0.4, -0.2) is 26.6 Å². The number of anilines is 1. The van der Waals surface area contributed by atoms with E-state index in [1.807, 2.05) is 28.8 Å². The van der Waals surface area contributed by atoms with Crippen LogP contribution in [0, 0.1) is 0 Å². The first-order chi connectivity index (χ1) is 9.67. The van der Waals surface area contributed by atoms with Crippen molar-refractivity contribution >= 4 is 40.3 Å². The molecule has 7 heteroatoms. The molecule has 2 heterocycles. The number of benzene rings is 1. The van der Waals surface area contributed by atoms with Gasteiger partial charge >= 0.3 is 0 Å². The van der Waals surface area contributed by atoms with Crippen LogP contribution in [0.25, 0.3) is 11.2 Å². The lowest BCUT2D eigenvalue weighted by Crippen LogP contribution is -2.02. The van der Waals surface area contributed by atoms with Crippen molar-refractivity contribution in [2.75, 3.05) is 12.4 Å². The van der Waals surface area contributed by atoms with E-state index in [1.54, 1.807) is 13.4 Å². The summed E-state index contributed by atoms with van der Waals surface area (Å²) >= 11 is 12.1. The Morgan fingerprint density at radius 2 is 2.10 bits per heavy atom. The molecule has 0 saturated carbocycles. The van der Waals surface area contributed by atoms with Gasteiger partial charge in [0.15, 0.2) is 10.8 Å². The van der Waals surface area contributed by atoms with Crippen LogP contribution >= 0.6 is 23.2 Å². The van der Waals surface area contributed by atoms with Crippen molar-refractivity contribution in [3.8, 4) is 0 Å². The number of hydrogen-bond donors (Lipinski definition) is 1. The van der Waals surface area contributed by atoms with Crippen LogP contribution < -0.4 is 5.32 Å². The molecule has 0 unspecified atom stereocenters. The van der Waals surface area contributed by atoms with Crippen LogP contribution in [0.4, 0.5) is 5.95 Å². The van der Waals surface area contributed by atoms with E-state index in [2.05, 4.69) is 20.3 Å². The van der Waals surface area contributed by atoms with Crippen molar-refractivity contribution in [2.24, 2.45) is 0 Å². The zero-order valence-corrected chi connectivity index (χ0v) is 12.2. The summed E-state index contributed by atoms with van der Waals surface area (Å²) in [5.41, 5.74) is 2.35. The van der Waals surface area contributed by atoms with Crippen LogP contribution in [0.2, 0.25) is 10.2 Å². The molecule has 2 aromatic heterocycles. The Labute approximate surface area is 125 Å². The van der Waals surface area contributed by atoms with Gasteiger partial charge in [0.25, 0.3) is 0 Å². The summed E-state index contributed by atoms with van der Waals surface area (Å²) in [5.74, 6) is 0.468. The number of nitrogens with one attached hydrogen (secondary N) is 1. The Morgan fingerprint density at radius 1 is 1.25 bits per heavy atom. The molecule has 0 bridgehead atoms. The fourth-order valence-electron chi connectivity index (χ4n) is 1.97. The molecular formula is C13H11Cl2N5. The highest BCUT2D eigenvalue weighted by Crippen LogP contribution is 2.21. The zero-order chi connectivity index (χ0) is 14.1. The molecule has 102 valence electrons. The van der Waals surface area contributed by atoms with Gasteiger partial charge in [-0.2, -0.15) is 9.97 Å². The minimum absolute atomic E-state index is 0.337. The number of imidazole rings is 1. The van der Waals surface area contributed by atoms with Gasteiger partial charge in [-0.15, -0.1) is 0 Å². The van der Waals surface area contributed by atoms with Crippen molar-refractivity contribution in [3.63, 3.8) is 0 Å². The normalized spacial score (nSPS) is 10.9. The van der Waals surface area contributed by atoms with E-state index in [1.165, 1.54) is 0 Å². The van der Waals surface area contributed by atoms with Crippen molar-refractivity contribution in [1.29, 1.82) is 0 Å². The summed E-state index contributed by atoms with van der Waals surface area (Å²) in [6.07, 6.45) is 1.70. The number of halogens is 2. The minimum atomic E-state index is 0.337. The largest absolute Gasteiger partial charge is 0.357 e. The number of rotatable bonds is 3. The SMILES string of the molecule is CNc1nc(Cl)c2ncn(Cc3cccc(Cl)c3)c2n1. The predicted octanol–water partition coefficient (Wildman–Crippen LogP) is 3.22. The van der Waals surface area contributed by atoms with Gasteiger partial charge < -0.3 is 9.88 Å². The summed E-state index contributed by atoms with van der Waals surface area (Å²) in [5, 5.41) is 3.92. The summed E-state index contributed by atoms with van der Waals surface area (Å²) in [6.45, 7) is 0.619. The number of aromatic nitrogens is 4. The summed E-state index contributed by atoms with van der Waals surface area (Å²) in [4.78, 5) is 12.8. The van der Waals surface area contributed by atoms with Crippen LogP contribution in [-0.2, 0) is 6.54 Å². The van der Waals surface area contributed by atoms with E-state index in [9.17, 15) is 0 Å². The van der Waals surface area contributed by atoms with Crippen LogP contribution in [0.1, 0.15) is 5.56 Å². The second-order valence-corrected chi connectivity index (χ2v) is 5.06. The van der Waals surface area contributed by atoms with Crippen molar-refractivity contribution in [3.05, 3.63) is 46.3 Å². The molecule has 3 rings (SSSR count). The predicted molar refractivity (Wildman–Crippen MR) is 80.4 cm³/mol. The molecular weight excluding hydrogens is 297 g/mol. The average Bonchev–Trinajstić information content (AvgIpc) is 2.82. The fraction of sp³-hybridized carbons (Fsp3) is 0.154. The Balaban J connectivity index is 2.06. The van der Waals surface area contributed by atoms with E-state index in [-0.39, 0.29) is 0 Å². The number of nitrogens with zero attached hydrogens (tertiary/aromatic N) is 4. The van der Waals surface area contributed by atoms with E-state index in [0.29, 0.717) is 33.8 Å². The highest BCUT2D eigenvalue weighted by atomic mass is 35.5. The molecule has 0 saturated heterocycles. The molecule has 3 aromatic rings. The zero-order valence-electron chi connectivity index (χ0n) is 10.6. The van der Waals surface area contributed by atoms with Crippen molar-refractivity contribution in [1.82, 2.24) is 19.5 Å². The Bertz CT molecular complexity index is 769. The first-order valence-electron chi connectivity index (χ1n) is 5.98. The van der Waals surface area contributed by atoms with Gasteiger partial charge in [0.05, 0.1) is 12.9 Å². The lowest BCUT2D eigenvalue weighted by molar-refractivity contribution is 0.813. The highest BCUT2D eigenvalue weighted by molar-refractivity contribution is 6.33. The maximum atomic E-state index is 6.09. The second-order valence-electron chi connectivity index (χ2n) is 4.26. The Kier molecular flexibility index (Phi) is 3.46. The molecule has 1 N–H and O–H groups in total. The molecule has 0 aliphatic heterocycles. The molecule has 0 fully saturated rings. The van der Waals surface area contributed by atoms with Gasteiger partial charge in [0, 0.05) is 12.1 Å². The van der Waals surface area contributed by atoms with Crippen LogP contribution in [0.3, 0.4) is 0 Å². The van der Waals surface area contributed by atoms with Gasteiger partial charge in [-0.1, -0.05) is 35.3 Å². The molecule has 5 nitrogen and oxygen atoms in total. The molecule has 0 spiro atoms. The molecule has 20 heavy (non-hydrogen) atoms. The van der Waals surface area contributed by atoms with Crippen LogP contribution in [0.5, 0.6) is 0 Å². The van der Waals surface area contributed by atoms with Gasteiger partial charge in [-0.25, -0.2) is 4.98 Å². The third-order valence-corrected chi connectivity index (χ3v) is 3.39. The first kappa shape index (κ1) is 13.1. The molecule has 1 aromatic carbocycles. The third-order valence-electron chi connectivity index (χ3n) is 2.89. The van der Waals surface area contributed by atoms with Gasteiger partial charge in [-0.3, -0.25) is 0 Å². The molecule has 0 aliphatic rings. The maximum absolute atomic E-state index is 6.09. The average molecular weight is 308 g/mol. The van der Waals surface area contributed by atoms with Gasteiger partial charge in [0.1, 0.15) is 5.52 Å². The Morgan fingerprint density at radius 3 is 2.85 bits per heavy atom. The third kappa shape index (κ3) is 2.42. The van der Waals surface area contributed by atoms with E-state index in [4.69, 9.17) is 23.2 Å². The quantitative estimate of drug-likeness (QED) is 0.755. The van der Waals surface area contributed by atoms with E-state index < -0.39 is 0 Å². The van der Waals surface area contributed by atoms with Crippen LogP contribution in [0.15, 0.2) is 30.6 Å². The van der Waals surface area contributed by atoms with Crippen molar-refractivity contribution < 1.29 is 0 Å². The monoisotopic (exact) mass is 307 g/mol. The van der Waals surface area contributed by atoms with Gasteiger partial charge in [-0.05, 0) is 17.7 Å². The number of hydrogen-bond acceptors (Lipinski definition) is 4. The highest BCUT2D eigenvalue weighted by Gasteiger charge is 2.11. The molecule has 0 aliphatic carbocycles. The van der Waals surface area contributed by atoms with Gasteiger partial charge in [0.2, 0.25) is 5.95 Å². The smallest absolute Gasteiger partial charge is 0.225 e. The fourth-order valence-corrected chi connectivity index (χ4v) is 2.40. The molecule has 0 atom stereocenters. The lowest BCUT2D eigenvalue weighted by atomic mass is 10.2. The maximum Gasteiger partial charge on any atom is 0.225 e. The molecule has 0 amide bonds. The van der Waals surface area contributed by atoms with E-state index >= 15 is 0 Å². The molecule has 0 radical (unpaired) electrons. The second kappa shape index (κ2) is 5.26. The first-order valence-corrected chi connectivity index (χ1v) is 6.73. The Hall–Kier alpha value is -1.85. The minimum Gasteiger partial charge on any atom is -0.357 e.